The Hall–Kier alpha value is -1.57. The van der Waals surface area contributed by atoms with Gasteiger partial charge in [-0.2, -0.15) is 0 Å². The molecule has 16 aromatic rings. The van der Waals surface area contributed by atoms with Crippen molar-refractivity contribution >= 4 is 232 Å². The van der Waals surface area contributed by atoms with E-state index in [0.717, 1.165) is 0 Å². The fraction of sp³-hybridized carbons (Fsp3) is 0.273. The van der Waals surface area contributed by atoms with Gasteiger partial charge in [-0.25, -0.2) is 0 Å². The summed E-state index contributed by atoms with van der Waals surface area (Å²) in [5.41, 5.74) is 0. The molecule has 0 fully saturated rings. The molecular weight excluding hydrogens is 1390 g/mol. The SMILES string of the molecule is C[Si](C)(C)[C]1=c2c(c3ccc(cc3)c3ccc(cc3)c3c(c4ccc(cc4)c4ccc(cc4)c4c(c5ccc(cc5)c5ccc2cc5)=[C]([Si](C)(C)C)[Ge]([Cl])([Cl])[C]=4[Si](C)(C)C)=[C]([Si](C)(C)C)[Ge]([Cl])([Cl])[C]=3[Si](C)(C)C)=[C]([Si](C)(C)C)[Ge]1([Cl])[Cl]. The maximum atomic E-state index is 8.11. The molecule has 19 rings (SSSR count). The molecule has 0 saturated heterocycles. The number of hydrogen-bond acceptors (Lipinski definition) is 0. The van der Waals surface area contributed by atoms with Gasteiger partial charge >= 0.3 is 526 Å². The summed E-state index contributed by atoms with van der Waals surface area (Å²) in [5, 5.41) is 21.8. The van der Waals surface area contributed by atoms with Gasteiger partial charge in [0.2, 0.25) is 0 Å². The molecule has 0 aromatic heterocycles. The van der Waals surface area contributed by atoms with Crippen LogP contribution in [0, 0.1) is 0 Å². The Morgan fingerprint density at radius 3 is 0.346 bits per heavy atom. The fourth-order valence-corrected chi connectivity index (χ4v) is 135. The Balaban J connectivity index is 1.43. The van der Waals surface area contributed by atoms with Crippen molar-refractivity contribution in [3.63, 3.8) is 0 Å². The minimum absolute atomic E-state index is 1.17. The number of rotatable bonds is 6. The molecule has 0 radical (unpaired) electrons. The zero-order valence-electron chi connectivity index (χ0n) is 50.6. The topological polar surface area (TPSA) is 0 Å². The number of hydrogen-bond donors (Lipinski definition) is 0. The Morgan fingerprint density at radius 2 is 0.259 bits per heavy atom. The van der Waals surface area contributed by atoms with Gasteiger partial charge in [0, 0.05) is 0 Å². The summed E-state index contributed by atoms with van der Waals surface area (Å²) in [5.74, 6) is 0. The molecule has 81 heavy (non-hydrogen) atoms. The third-order valence-corrected chi connectivity index (χ3v) is 99.9. The first kappa shape index (κ1) is 62.5. The van der Waals surface area contributed by atoms with Gasteiger partial charge in [-0.3, -0.25) is 0 Å². The van der Waals surface area contributed by atoms with Crippen molar-refractivity contribution in [1.82, 2.24) is 0 Å². The van der Waals surface area contributed by atoms with E-state index in [1.807, 2.05) is 0 Å². The summed E-state index contributed by atoms with van der Waals surface area (Å²) >= 11 is -11.4. The Bertz CT molecular complexity index is 3700. The van der Waals surface area contributed by atoms with E-state index in [2.05, 4.69) is 263 Å². The first-order chi connectivity index (χ1) is 37.3. The summed E-state index contributed by atoms with van der Waals surface area (Å²) < 4.78 is 8.26. The summed E-state index contributed by atoms with van der Waals surface area (Å²) in [6, 6.07) is 55.6. The monoisotopic (exact) mass is 1470 g/mol. The van der Waals surface area contributed by atoms with Crippen LogP contribution in [0.25, 0.3) is 88.8 Å². The van der Waals surface area contributed by atoms with E-state index < -0.39 is 82.7 Å². The second-order valence-electron chi connectivity index (χ2n) is 29.2. The Morgan fingerprint density at radius 1 is 0.173 bits per heavy atom. The molecule has 3 aliphatic rings. The van der Waals surface area contributed by atoms with Crippen LogP contribution in [0.4, 0.5) is 0 Å². The molecule has 0 nitrogen and oxygen atoms in total. The van der Waals surface area contributed by atoms with Crippen molar-refractivity contribution in [2.45, 2.75) is 118 Å². The molecule has 0 atom stereocenters. The quantitative estimate of drug-likeness (QED) is 0.146. The van der Waals surface area contributed by atoms with Crippen molar-refractivity contribution in [2.75, 3.05) is 0 Å². The van der Waals surface area contributed by atoms with Crippen LogP contribution in [-0.4, -0.2) is 82.7 Å². The third-order valence-electron chi connectivity index (χ3n) is 16.7. The normalized spacial score (nSPS) is 17.0. The average Bonchev–Trinajstić information content (AvgIpc) is 1.81. The zero-order valence-corrected chi connectivity index (χ0v) is 67.5. The van der Waals surface area contributed by atoms with Crippen LogP contribution in [0.5, 0.6) is 0 Å². The van der Waals surface area contributed by atoms with E-state index in [0.29, 0.717) is 0 Å². The number of halogens is 6. The van der Waals surface area contributed by atoms with E-state index in [1.165, 1.54) is 120 Å². The van der Waals surface area contributed by atoms with Crippen molar-refractivity contribution < 1.29 is 0 Å². The average molecular weight is 1470 g/mol. The summed E-state index contributed by atoms with van der Waals surface area (Å²) in [4.78, 5) is 0. The zero-order chi connectivity index (χ0) is 59.3. The standard InChI is InChI=1S/C66H78Cl6Ge3Si6/c1-76(2,3)61-55-49-31-19-43(20-32-49)45-23-35-51(36-24-45)57-59(65(80(13,14)15)74(69,70)63(57)78(7,8)9)53-39-27-47(28-40-53)48-29-41-54(42-30-48)60-58(64(79(10,11)12)75(71,72)66(60)81(16,17)18)52-37-25-46(26-38-52)44-21-33-50(34-22-44)56(55)62(73(61,67)68)77(4,5)6/h19-42H,1-18H3. The fourth-order valence-electron chi connectivity index (χ4n) is 13.9. The summed E-state index contributed by atoms with van der Waals surface area (Å²) in [6.07, 6.45) is 0. The predicted octanol–water partition coefficient (Wildman–Crippen LogP) is 18.2. The Kier molecular flexibility index (Phi) is 16.5. The van der Waals surface area contributed by atoms with Gasteiger partial charge in [-0.15, -0.1) is 0 Å². The van der Waals surface area contributed by atoms with Crippen molar-refractivity contribution in [3.05, 3.63) is 177 Å². The van der Waals surface area contributed by atoms with Gasteiger partial charge in [-0.05, 0) is 0 Å². The second-order valence-corrected chi connectivity index (χ2v) is 99.7. The van der Waals surface area contributed by atoms with Crippen molar-refractivity contribution in [2.24, 2.45) is 0 Å². The molecule has 15 heteroatoms. The molecule has 0 unspecified atom stereocenters. The first-order valence-electron chi connectivity index (χ1n) is 28.6. The van der Waals surface area contributed by atoms with Gasteiger partial charge in [0.25, 0.3) is 0 Å². The molecule has 0 N–H and O–H groups in total. The molecule has 3 aliphatic heterocycles. The van der Waals surface area contributed by atoms with Crippen molar-refractivity contribution in [3.8, 4) is 0 Å². The van der Waals surface area contributed by atoms with Gasteiger partial charge in [0.15, 0.2) is 0 Å². The molecule has 0 saturated carbocycles. The van der Waals surface area contributed by atoms with E-state index in [4.69, 9.17) is 60.1 Å². The second kappa shape index (κ2) is 21.3. The van der Waals surface area contributed by atoms with Crippen LogP contribution in [0.1, 0.15) is 0 Å². The molecule has 0 spiro atoms. The van der Waals surface area contributed by atoms with Crippen LogP contribution < -0.4 is 31.3 Å². The third kappa shape index (κ3) is 11.2. The summed E-state index contributed by atoms with van der Waals surface area (Å²) in [6.45, 7) is 43.8. The maximum absolute atomic E-state index is 8.11. The molecule has 16 aromatic carbocycles. The van der Waals surface area contributed by atoms with E-state index in [-0.39, 0.29) is 0 Å². The van der Waals surface area contributed by atoms with Crippen LogP contribution in [0.3, 0.4) is 0 Å². The van der Waals surface area contributed by atoms with Crippen molar-refractivity contribution in [1.29, 1.82) is 0 Å². The molecule has 0 amide bonds. The number of benzene rings is 6. The molecule has 420 valence electrons. The molecule has 12 bridgehead atoms. The van der Waals surface area contributed by atoms with Crippen LogP contribution in [-0.2, 0) is 0 Å². The molecule has 0 aliphatic carbocycles. The van der Waals surface area contributed by atoms with Gasteiger partial charge in [0.1, 0.15) is 0 Å². The van der Waals surface area contributed by atoms with E-state index >= 15 is 0 Å². The van der Waals surface area contributed by atoms with Crippen LogP contribution >= 0.6 is 60.1 Å². The van der Waals surface area contributed by atoms with Gasteiger partial charge in [0.05, 0.1) is 0 Å². The van der Waals surface area contributed by atoms with Gasteiger partial charge < -0.3 is 0 Å². The van der Waals surface area contributed by atoms with Crippen LogP contribution in [0.2, 0.25) is 118 Å². The van der Waals surface area contributed by atoms with E-state index in [1.54, 1.807) is 0 Å². The van der Waals surface area contributed by atoms with Crippen LogP contribution in [0.15, 0.2) is 146 Å². The Labute approximate surface area is 520 Å². The molecular formula is C66H78Cl6Ge3Si6. The molecule has 3 heterocycles. The van der Waals surface area contributed by atoms with E-state index in [9.17, 15) is 0 Å². The van der Waals surface area contributed by atoms with Gasteiger partial charge in [-0.1, -0.05) is 0 Å². The summed E-state index contributed by atoms with van der Waals surface area (Å²) in [7, 11) is 36.2. The predicted molar refractivity (Wildman–Crippen MR) is 395 cm³/mol. The minimum atomic E-state index is -3.81. The first-order valence-corrected chi connectivity index (χ1v) is 72.4.